The smallest absolute Gasteiger partial charge is 0.261 e. The zero-order valence-electron chi connectivity index (χ0n) is 16.5. The van der Waals surface area contributed by atoms with Gasteiger partial charge < -0.3 is 0 Å². The van der Waals surface area contributed by atoms with Crippen LogP contribution in [0.5, 0.6) is 0 Å². The minimum atomic E-state index is 1.000. The first-order valence-corrected chi connectivity index (χ1v) is 9.23. The Kier molecular flexibility index (Phi) is 4.23. The van der Waals surface area contributed by atoms with Crippen molar-refractivity contribution in [2.24, 2.45) is 7.05 Å². The van der Waals surface area contributed by atoms with Gasteiger partial charge in [0.2, 0.25) is 0 Å². The lowest BCUT2D eigenvalue weighted by atomic mass is 9.95. The Hall–Kier alpha value is -3.07. The molecule has 0 N–H and O–H groups in total. The number of aryl methyl sites for hydroxylation is 4. The van der Waals surface area contributed by atoms with Crippen LogP contribution in [0.4, 0.5) is 0 Å². The predicted octanol–water partition coefficient (Wildman–Crippen LogP) is 5.02. The monoisotopic (exact) mass is 354 g/mol. The lowest BCUT2D eigenvalue weighted by Crippen LogP contribution is -2.32. The van der Waals surface area contributed by atoms with Crippen molar-refractivity contribution in [1.29, 1.82) is 0 Å². The van der Waals surface area contributed by atoms with Gasteiger partial charge in [0, 0.05) is 23.0 Å². The summed E-state index contributed by atoms with van der Waals surface area (Å²) in [5.74, 6) is 0. The first-order valence-electron chi connectivity index (χ1n) is 9.23. The van der Waals surface area contributed by atoms with E-state index in [1.165, 1.54) is 27.9 Å². The Balaban J connectivity index is 1.95. The number of hydrogen-bond donors (Lipinski definition) is 0. The molecule has 0 saturated carbocycles. The molecule has 27 heavy (non-hydrogen) atoms. The van der Waals surface area contributed by atoms with E-state index in [0.29, 0.717) is 0 Å². The Bertz CT molecular complexity index is 1160. The fourth-order valence-corrected chi connectivity index (χ4v) is 3.67. The van der Waals surface area contributed by atoms with Crippen LogP contribution in [0.1, 0.15) is 22.4 Å². The highest BCUT2D eigenvalue weighted by atomic mass is 15.0. The van der Waals surface area contributed by atoms with E-state index in [9.17, 15) is 0 Å². The van der Waals surface area contributed by atoms with Crippen LogP contribution in [-0.4, -0.2) is 9.97 Å². The van der Waals surface area contributed by atoms with Gasteiger partial charge >= 0.3 is 0 Å². The number of benzene rings is 2. The molecule has 2 heterocycles. The van der Waals surface area contributed by atoms with Crippen LogP contribution in [-0.2, 0) is 7.05 Å². The van der Waals surface area contributed by atoms with Crippen LogP contribution < -0.4 is 4.57 Å². The summed E-state index contributed by atoms with van der Waals surface area (Å²) in [6.07, 6.45) is 3.83. The molecule has 0 aliphatic rings. The Morgan fingerprint density at radius 2 is 1.59 bits per heavy atom. The van der Waals surface area contributed by atoms with Crippen molar-refractivity contribution in [3.8, 4) is 22.4 Å². The van der Waals surface area contributed by atoms with Crippen LogP contribution in [0, 0.1) is 27.7 Å². The lowest BCUT2D eigenvalue weighted by molar-refractivity contribution is -0.662. The minimum absolute atomic E-state index is 1.000. The molecule has 3 nitrogen and oxygen atoms in total. The van der Waals surface area contributed by atoms with Crippen molar-refractivity contribution in [3.63, 3.8) is 0 Å². The number of rotatable bonds is 2. The maximum Gasteiger partial charge on any atom is 0.287 e. The van der Waals surface area contributed by atoms with E-state index in [1.54, 1.807) is 0 Å². The van der Waals surface area contributed by atoms with Crippen LogP contribution in [0.2, 0.25) is 0 Å². The average Bonchev–Trinajstić information content (AvgIpc) is 2.65. The molecule has 0 aliphatic heterocycles. The van der Waals surface area contributed by atoms with Gasteiger partial charge in [-0.2, -0.15) is 0 Å². The minimum Gasteiger partial charge on any atom is -0.261 e. The average molecular weight is 354 g/mol. The third-order valence-electron chi connectivity index (χ3n) is 5.29. The molecule has 4 aromatic rings. The van der Waals surface area contributed by atoms with Gasteiger partial charge in [-0.15, -0.1) is 0 Å². The molecule has 0 fully saturated rings. The number of nitrogens with zero attached hydrogens (tertiary/aromatic N) is 3. The Morgan fingerprint density at radius 1 is 0.815 bits per heavy atom. The van der Waals surface area contributed by atoms with E-state index in [4.69, 9.17) is 0 Å². The van der Waals surface area contributed by atoms with Crippen LogP contribution in [0.25, 0.3) is 33.3 Å². The summed E-state index contributed by atoms with van der Waals surface area (Å²) in [5.41, 5.74) is 10.7. The summed E-state index contributed by atoms with van der Waals surface area (Å²) in [7, 11) is 2.07. The van der Waals surface area contributed by atoms with Crippen molar-refractivity contribution in [2.45, 2.75) is 27.7 Å². The maximum absolute atomic E-state index is 4.69. The van der Waals surface area contributed by atoms with E-state index in [0.717, 1.165) is 27.7 Å². The molecule has 0 saturated heterocycles. The van der Waals surface area contributed by atoms with E-state index >= 15 is 0 Å². The third kappa shape index (κ3) is 3.10. The van der Waals surface area contributed by atoms with Crippen LogP contribution >= 0.6 is 0 Å². The van der Waals surface area contributed by atoms with Gasteiger partial charge in [0.25, 0.3) is 6.33 Å². The van der Waals surface area contributed by atoms with Gasteiger partial charge in [0.05, 0.1) is 12.4 Å². The summed E-state index contributed by atoms with van der Waals surface area (Å²) < 4.78 is 2.12. The molecule has 0 radical (unpaired) electrons. The highest BCUT2D eigenvalue weighted by Gasteiger charge is 2.18. The molecule has 0 amide bonds. The fourth-order valence-electron chi connectivity index (χ4n) is 3.67. The Labute approximate surface area is 160 Å². The topological polar surface area (TPSA) is 29.7 Å². The molecule has 0 unspecified atom stereocenters. The van der Waals surface area contributed by atoms with E-state index in [-0.39, 0.29) is 0 Å². The summed E-state index contributed by atoms with van der Waals surface area (Å²) >= 11 is 0. The zero-order chi connectivity index (χ0) is 19.1. The van der Waals surface area contributed by atoms with Gasteiger partial charge in [-0.05, 0) is 73.6 Å². The van der Waals surface area contributed by atoms with Gasteiger partial charge in [-0.1, -0.05) is 23.8 Å². The number of aromatic nitrogens is 3. The molecule has 3 heteroatoms. The normalized spacial score (nSPS) is 11.1. The second kappa shape index (κ2) is 6.58. The fraction of sp³-hybridized carbons (Fsp3) is 0.208. The summed E-state index contributed by atoms with van der Waals surface area (Å²) in [6, 6.07) is 15.2. The highest BCUT2D eigenvalue weighted by molar-refractivity contribution is 5.94. The molecule has 2 aromatic heterocycles. The van der Waals surface area contributed by atoms with Gasteiger partial charge in [-0.3, -0.25) is 4.98 Å². The van der Waals surface area contributed by atoms with Crippen molar-refractivity contribution in [3.05, 3.63) is 77.4 Å². The molecule has 2 aromatic carbocycles. The zero-order valence-corrected chi connectivity index (χ0v) is 16.5. The van der Waals surface area contributed by atoms with Crippen LogP contribution in [0.3, 0.4) is 0 Å². The molecule has 0 bridgehead atoms. The van der Waals surface area contributed by atoms with Crippen LogP contribution in [0.15, 0.2) is 55.0 Å². The number of fused-ring (bicyclic) bond motifs is 1. The Morgan fingerprint density at radius 3 is 2.33 bits per heavy atom. The SMILES string of the molecule is Cc1cc(C)c(C)c(-c2c3ccc(-c4ccc(C)nc4)cc3nc[n+]2C)c1. The molecule has 0 spiro atoms. The van der Waals surface area contributed by atoms with E-state index in [1.807, 2.05) is 25.5 Å². The largest absolute Gasteiger partial charge is 0.287 e. The maximum atomic E-state index is 4.69. The number of pyridine rings is 1. The van der Waals surface area contributed by atoms with Crippen molar-refractivity contribution in [2.75, 3.05) is 0 Å². The third-order valence-corrected chi connectivity index (χ3v) is 5.29. The predicted molar refractivity (Wildman–Crippen MR) is 111 cm³/mol. The standard InChI is InChI=1S/C24H24N3/c1-15-10-16(2)18(4)22(11-15)24-21-9-8-19(12-23(21)26-14-27(24)5)20-7-6-17(3)25-13-20/h6-14H,1-5H3/q+1. The lowest BCUT2D eigenvalue weighted by Gasteiger charge is -2.12. The first-order chi connectivity index (χ1) is 12.9. The molecule has 0 aliphatic carbocycles. The highest BCUT2D eigenvalue weighted by Crippen LogP contribution is 2.31. The molecule has 134 valence electrons. The summed E-state index contributed by atoms with van der Waals surface area (Å²) in [4.78, 5) is 9.11. The summed E-state index contributed by atoms with van der Waals surface area (Å²) in [6.45, 7) is 8.53. The van der Waals surface area contributed by atoms with Crippen molar-refractivity contribution >= 4 is 10.9 Å². The van der Waals surface area contributed by atoms with E-state index in [2.05, 4.69) is 78.8 Å². The van der Waals surface area contributed by atoms with Gasteiger partial charge in [0.15, 0.2) is 5.52 Å². The first kappa shape index (κ1) is 17.3. The molecule has 4 rings (SSSR count). The van der Waals surface area contributed by atoms with Crippen molar-refractivity contribution < 1.29 is 4.57 Å². The van der Waals surface area contributed by atoms with Gasteiger partial charge in [-0.25, -0.2) is 4.57 Å². The number of hydrogen-bond acceptors (Lipinski definition) is 2. The molecular formula is C24H24N3+. The van der Waals surface area contributed by atoms with Gasteiger partial charge in [0.1, 0.15) is 5.69 Å². The van der Waals surface area contributed by atoms with E-state index < -0.39 is 0 Å². The second-order valence-electron chi connectivity index (χ2n) is 7.38. The second-order valence-corrected chi connectivity index (χ2v) is 7.38. The summed E-state index contributed by atoms with van der Waals surface area (Å²) in [5, 5.41) is 1.16. The quantitative estimate of drug-likeness (QED) is 0.473. The molecule has 0 atom stereocenters. The van der Waals surface area contributed by atoms with Crippen molar-refractivity contribution in [1.82, 2.24) is 9.97 Å². The molecular weight excluding hydrogens is 330 g/mol.